The average molecular weight is 270 g/mol. The van der Waals surface area contributed by atoms with Crippen LogP contribution in [0.5, 0.6) is 0 Å². The fourth-order valence-corrected chi connectivity index (χ4v) is 2.31. The van der Waals surface area contributed by atoms with Gasteiger partial charge in [-0.05, 0) is 54.7 Å². The van der Waals surface area contributed by atoms with E-state index in [2.05, 4.69) is 25.0 Å². The Labute approximate surface area is 121 Å². The van der Waals surface area contributed by atoms with Crippen molar-refractivity contribution in [1.82, 2.24) is 0 Å². The molecular weight excluding hydrogens is 248 g/mol. The molecule has 0 spiro atoms. The van der Waals surface area contributed by atoms with E-state index in [0.717, 1.165) is 42.6 Å². The maximum atomic E-state index is 8.84. The minimum absolute atomic E-state index is 0.629. The van der Waals surface area contributed by atoms with Gasteiger partial charge in [-0.2, -0.15) is 5.26 Å². The van der Waals surface area contributed by atoms with Gasteiger partial charge in [0.15, 0.2) is 0 Å². The topological polar surface area (TPSA) is 59.0 Å². The highest BCUT2D eigenvalue weighted by atomic mass is 16.5. The molecule has 1 aliphatic carbocycles. The Morgan fingerprint density at radius 1 is 1.35 bits per heavy atom. The molecule has 1 heterocycles. The van der Waals surface area contributed by atoms with Crippen LogP contribution in [0.2, 0.25) is 0 Å². The predicted octanol–water partition coefficient (Wildman–Crippen LogP) is 3.19. The molecule has 2 aliphatic rings. The Bertz CT molecular complexity index is 516. The van der Waals surface area contributed by atoms with Crippen molar-refractivity contribution >= 4 is 0 Å². The van der Waals surface area contributed by atoms with Crippen molar-refractivity contribution in [3.05, 3.63) is 59.3 Å². The molecule has 0 amide bonds. The van der Waals surface area contributed by atoms with E-state index in [-0.39, 0.29) is 0 Å². The number of nitrogens with zero attached hydrogens (tertiary/aromatic N) is 1. The summed E-state index contributed by atoms with van der Waals surface area (Å²) in [5.41, 5.74) is 10.1. The second-order valence-electron chi connectivity index (χ2n) is 4.48. The molecule has 3 heteroatoms. The maximum absolute atomic E-state index is 8.84. The molecule has 0 saturated carbocycles. The van der Waals surface area contributed by atoms with Gasteiger partial charge in [-0.1, -0.05) is 25.3 Å². The summed E-state index contributed by atoms with van der Waals surface area (Å²) >= 11 is 0. The van der Waals surface area contributed by atoms with Gasteiger partial charge in [-0.3, -0.25) is 0 Å². The van der Waals surface area contributed by atoms with Crippen molar-refractivity contribution in [1.29, 1.82) is 5.26 Å². The summed E-state index contributed by atoms with van der Waals surface area (Å²) in [6.45, 7) is 9.42. The lowest BCUT2D eigenvalue weighted by atomic mass is 9.86. The molecule has 0 radical (unpaired) electrons. The normalized spacial score (nSPS) is 18.1. The van der Waals surface area contributed by atoms with E-state index < -0.39 is 0 Å². The van der Waals surface area contributed by atoms with Crippen LogP contribution < -0.4 is 5.73 Å². The third-order valence-corrected chi connectivity index (χ3v) is 3.43. The summed E-state index contributed by atoms with van der Waals surface area (Å²) < 4.78 is 5.43. The lowest BCUT2D eigenvalue weighted by molar-refractivity contribution is 0.150. The van der Waals surface area contributed by atoms with Crippen molar-refractivity contribution in [3.63, 3.8) is 0 Å². The van der Waals surface area contributed by atoms with Crippen molar-refractivity contribution in [2.24, 2.45) is 5.73 Å². The highest BCUT2D eigenvalue weighted by Gasteiger charge is 2.17. The fourth-order valence-electron chi connectivity index (χ4n) is 2.31. The summed E-state index contributed by atoms with van der Waals surface area (Å²) in [6, 6.07) is 2.20. The number of hydrogen-bond acceptors (Lipinski definition) is 3. The Kier molecular flexibility index (Phi) is 6.72. The standard InChI is InChI=1S/C16H17NO.CH5N/c1-3-14-11-18-9-8-16(14)12(2)15-6-4-13(10-17)5-7-15;1-2/h3-4,6H,1-2,5,7-9,11H2;2H2,1H3. The molecule has 3 nitrogen and oxygen atoms in total. The zero-order valence-corrected chi connectivity index (χ0v) is 12.1. The van der Waals surface area contributed by atoms with Gasteiger partial charge in [-0.15, -0.1) is 0 Å². The number of rotatable bonds is 3. The van der Waals surface area contributed by atoms with Gasteiger partial charge in [0.2, 0.25) is 0 Å². The molecule has 0 fully saturated rings. The second kappa shape index (κ2) is 8.31. The minimum atomic E-state index is 0.629. The van der Waals surface area contributed by atoms with E-state index in [4.69, 9.17) is 10.00 Å². The van der Waals surface area contributed by atoms with Gasteiger partial charge in [0.05, 0.1) is 19.3 Å². The highest BCUT2D eigenvalue weighted by molar-refractivity contribution is 5.52. The zero-order chi connectivity index (χ0) is 15.0. The SMILES string of the molecule is C=CC1=C(C(=C)C2=CC=C(C#N)CC2)CCOC1.CN. The monoisotopic (exact) mass is 270 g/mol. The number of hydrogen-bond donors (Lipinski definition) is 1. The Morgan fingerprint density at radius 3 is 2.65 bits per heavy atom. The smallest absolute Gasteiger partial charge is 0.0947 e. The quantitative estimate of drug-likeness (QED) is 0.856. The Hall–Kier alpha value is -1.89. The van der Waals surface area contributed by atoms with Crippen molar-refractivity contribution in [3.8, 4) is 6.07 Å². The van der Waals surface area contributed by atoms with Gasteiger partial charge < -0.3 is 10.5 Å². The summed E-state index contributed by atoms with van der Waals surface area (Å²) in [6.07, 6.45) is 8.39. The third-order valence-electron chi connectivity index (χ3n) is 3.43. The van der Waals surface area contributed by atoms with E-state index in [0.29, 0.717) is 6.61 Å². The lowest BCUT2D eigenvalue weighted by Crippen LogP contribution is -2.12. The molecular formula is C17H22N2O. The first kappa shape index (κ1) is 16.2. The molecule has 0 aromatic carbocycles. The van der Waals surface area contributed by atoms with Crippen LogP contribution in [0.3, 0.4) is 0 Å². The molecule has 0 bridgehead atoms. The van der Waals surface area contributed by atoms with Gasteiger partial charge in [0.25, 0.3) is 0 Å². The van der Waals surface area contributed by atoms with Crippen LogP contribution >= 0.6 is 0 Å². The number of nitriles is 1. The highest BCUT2D eigenvalue weighted by Crippen LogP contribution is 2.32. The van der Waals surface area contributed by atoms with Crippen LogP contribution in [0.1, 0.15) is 19.3 Å². The molecule has 106 valence electrons. The number of allylic oxidation sites excluding steroid dienone is 5. The van der Waals surface area contributed by atoms with Gasteiger partial charge in [-0.25, -0.2) is 0 Å². The summed E-state index contributed by atoms with van der Waals surface area (Å²) in [5.74, 6) is 0. The first-order valence-corrected chi connectivity index (χ1v) is 6.75. The molecule has 0 aromatic heterocycles. The van der Waals surface area contributed by atoms with Crippen molar-refractivity contribution in [2.75, 3.05) is 20.3 Å². The lowest BCUT2D eigenvalue weighted by Gasteiger charge is -2.23. The van der Waals surface area contributed by atoms with Gasteiger partial charge in [0.1, 0.15) is 0 Å². The Morgan fingerprint density at radius 2 is 2.10 bits per heavy atom. The fraction of sp³-hybridized carbons (Fsp3) is 0.353. The minimum Gasteiger partial charge on any atom is -0.376 e. The van der Waals surface area contributed by atoms with E-state index >= 15 is 0 Å². The molecule has 0 saturated heterocycles. The van der Waals surface area contributed by atoms with E-state index in [9.17, 15) is 0 Å². The molecule has 20 heavy (non-hydrogen) atoms. The first-order valence-electron chi connectivity index (χ1n) is 6.75. The molecule has 2 rings (SSSR count). The molecule has 2 N–H and O–H groups in total. The zero-order valence-electron chi connectivity index (χ0n) is 12.1. The second-order valence-corrected chi connectivity index (χ2v) is 4.48. The van der Waals surface area contributed by atoms with E-state index in [1.165, 1.54) is 18.2 Å². The van der Waals surface area contributed by atoms with Crippen molar-refractivity contribution in [2.45, 2.75) is 19.3 Å². The van der Waals surface area contributed by atoms with Gasteiger partial charge in [0, 0.05) is 5.57 Å². The maximum Gasteiger partial charge on any atom is 0.0947 e. The van der Waals surface area contributed by atoms with Crippen LogP contribution in [0, 0.1) is 11.3 Å². The predicted molar refractivity (Wildman–Crippen MR) is 82.9 cm³/mol. The van der Waals surface area contributed by atoms with Crippen LogP contribution in [0.25, 0.3) is 0 Å². The summed E-state index contributed by atoms with van der Waals surface area (Å²) in [4.78, 5) is 0. The third kappa shape index (κ3) is 3.80. The Balaban J connectivity index is 0.000000956. The molecule has 1 aliphatic heterocycles. The van der Waals surface area contributed by atoms with Crippen LogP contribution in [0.4, 0.5) is 0 Å². The van der Waals surface area contributed by atoms with Gasteiger partial charge >= 0.3 is 0 Å². The largest absolute Gasteiger partial charge is 0.376 e. The van der Waals surface area contributed by atoms with Crippen LogP contribution in [-0.2, 0) is 4.74 Å². The number of nitrogens with two attached hydrogens (primary N) is 1. The van der Waals surface area contributed by atoms with Crippen LogP contribution in [0.15, 0.2) is 59.3 Å². The van der Waals surface area contributed by atoms with Crippen molar-refractivity contribution < 1.29 is 4.74 Å². The summed E-state index contributed by atoms with van der Waals surface area (Å²) in [7, 11) is 1.50. The first-order chi connectivity index (χ1) is 9.76. The van der Waals surface area contributed by atoms with E-state index in [1.807, 2.05) is 18.2 Å². The summed E-state index contributed by atoms with van der Waals surface area (Å²) in [5, 5.41) is 8.84. The molecule has 0 aromatic rings. The average Bonchev–Trinajstić information content (AvgIpc) is 2.56. The van der Waals surface area contributed by atoms with Crippen LogP contribution in [-0.4, -0.2) is 20.3 Å². The molecule has 0 atom stereocenters. The van der Waals surface area contributed by atoms with E-state index in [1.54, 1.807) is 0 Å². The number of ether oxygens (including phenoxy) is 1. The molecule has 0 unspecified atom stereocenters.